The maximum absolute atomic E-state index is 14.2. The minimum atomic E-state index is -5.21. The quantitative estimate of drug-likeness (QED) is 0.355. The molecule has 1 aromatic carbocycles. The Morgan fingerprint density at radius 1 is 0.917 bits per heavy atom. The van der Waals surface area contributed by atoms with Gasteiger partial charge in [-0.2, -0.15) is 31.4 Å². The first-order valence-corrected chi connectivity index (χ1v) is 10.2. The minimum Gasteiger partial charge on any atom is -0.382 e. The van der Waals surface area contributed by atoms with Crippen LogP contribution in [0.2, 0.25) is 0 Å². The van der Waals surface area contributed by atoms with E-state index < -0.39 is 47.5 Å². The number of anilines is 1. The van der Waals surface area contributed by atoms with Gasteiger partial charge < -0.3 is 10.3 Å². The Kier molecular flexibility index (Phi) is 5.30. The van der Waals surface area contributed by atoms with Crippen LogP contribution in [0.15, 0.2) is 42.6 Å². The van der Waals surface area contributed by atoms with Crippen LogP contribution >= 0.6 is 0 Å². The molecule has 8 nitrogen and oxygen atoms in total. The van der Waals surface area contributed by atoms with E-state index in [9.17, 15) is 30.7 Å². The average molecular weight is 510 g/mol. The van der Waals surface area contributed by atoms with E-state index in [1.807, 2.05) is 0 Å². The first-order chi connectivity index (χ1) is 16.9. The van der Waals surface area contributed by atoms with Crippen LogP contribution in [0, 0.1) is 5.82 Å². The lowest BCUT2D eigenvalue weighted by molar-refractivity contribution is -0.160. The van der Waals surface area contributed by atoms with E-state index in [0.29, 0.717) is 5.39 Å². The number of nitrogen functional groups attached to an aromatic ring is 1. The molecule has 4 heterocycles. The molecular formula is C21H13F7N8. The molecule has 0 aliphatic rings. The molecule has 2 N–H and O–H groups in total. The Balaban J connectivity index is 1.69. The van der Waals surface area contributed by atoms with E-state index in [-0.39, 0.29) is 33.8 Å². The summed E-state index contributed by atoms with van der Waals surface area (Å²) in [4.78, 5) is 15.4. The number of hydrogen-bond donors (Lipinski definition) is 1. The molecule has 0 saturated carbocycles. The lowest BCUT2D eigenvalue weighted by atomic mass is 10.2. The molecule has 0 amide bonds. The summed E-state index contributed by atoms with van der Waals surface area (Å²) < 4.78 is 95.0. The van der Waals surface area contributed by atoms with Gasteiger partial charge in [0.2, 0.25) is 5.82 Å². The number of nitrogens with zero attached hydrogens (tertiary/aromatic N) is 7. The van der Waals surface area contributed by atoms with Gasteiger partial charge in [0.1, 0.15) is 23.6 Å². The Morgan fingerprint density at radius 3 is 2.36 bits per heavy atom. The van der Waals surface area contributed by atoms with Crippen LogP contribution in [0.3, 0.4) is 0 Å². The Hall–Kier alpha value is -4.30. The topological polar surface area (TPSA) is 100 Å². The minimum absolute atomic E-state index is 0.0296. The van der Waals surface area contributed by atoms with E-state index in [1.54, 1.807) is 18.2 Å². The summed E-state index contributed by atoms with van der Waals surface area (Å²) >= 11 is 0. The zero-order chi connectivity index (χ0) is 25.8. The molecule has 186 valence electrons. The van der Waals surface area contributed by atoms with Gasteiger partial charge in [-0.05, 0) is 18.2 Å². The van der Waals surface area contributed by atoms with Crippen molar-refractivity contribution in [3.05, 3.63) is 59.8 Å². The summed E-state index contributed by atoms with van der Waals surface area (Å²) in [6, 6.07) is 9.09. The van der Waals surface area contributed by atoms with E-state index in [2.05, 4.69) is 25.0 Å². The van der Waals surface area contributed by atoms with Gasteiger partial charge in [0.25, 0.3) is 0 Å². The predicted molar refractivity (Wildman–Crippen MR) is 113 cm³/mol. The lowest BCUT2D eigenvalue weighted by Crippen LogP contribution is -2.23. The molecule has 4 aromatic heterocycles. The van der Waals surface area contributed by atoms with Crippen molar-refractivity contribution < 1.29 is 30.7 Å². The molecule has 0 aliphatic carbocycles. The van der Waals surface area contributed by atoms with Gasteiger partial charge in [-0.25, -0.2) is 29.0 Å². The highest BCUT2D eigenvalue weighted by Crippen LogP contribution is 2.36. The molecule has 36 heavy (non-hydrogen) atoms. The first kappa shape index (κ1) is 23.4. The maximum Gasteiger partial charge on any atom is 0.449 e. The number of rotatable bonds is 4. The number of imidazole rings is 1. The number of hydrogen-bond acceptors (Lipinski definition) is 6. The van der Waals surface area contributed by atoms with Gasteiger partial charge in [-0.3, -0.25) is 0 Å². The highest BCUT2D eigenvalue weighted by Gasteiger charge is 2.42. The summed E-state index contributed by atoms with van der Waals surface area (Å²) in [6.45, 7) is -2.04. The summed E-state index contributed by atoms with van der Waals surface area (Å²) in [5.74, 6) is -3.24. The SMILES string of the molecule is Nc1nc(-c2nn(Cc3ccccc3F)c3ncccc23)nc2nc(C(F)(F)F)n(CC(F)(F)F)c12. The van der Waals surface area contributed by atoms with Crippen molar-refractivity contribution in [3.8, 4) is 11.5 Å². The van der Waals surface area contributed by atoms with Gasteiger partial charge in [0.05, 0.1) is 11.9 Å². The van der Waals surface area contributed by atoms with Gasteiger partial charge in [-0.1, -0.05) is 18.2 Å². The molecule has 15 heteroatoms. The zero-order valence-corrected chi connectivity index (χ0v) is 17.8. The average Bonchev–Trinajstić information content (AvgIpc) is 3.33. The van der Waals surface area contributed by atoms with Gasteiger partial charge >= 0.3 is 12.4 Å². The molecule has 0 spiro atoms. The number of halogens is 7. The standard InChI is InChI=1S/C21H13F7N8/c22-12-6-2-1-4-10(12)8-36-18-11(5-3-7-30-18)13(34-36)16-31-15(29)14-17(32-16)33-19(21(26,27)28)35(14)9-20(23,24)25/h1-7H,8-9H2,(H2,29,31,32). The summed E-state index contributed by atoms with van der Waals surface area (Å²) in [5, 5.41) is 4.71. The van der Waals surface area contributed by atoms with E-state index in [4.69, 9.17) is 5.73 Å². The Morgan fingerprint density at radius 2 is 1.67 bits per heavy atom. The normalized spacial score (nSPS) is 12.6. The second-order valence-corrected chi connectivity index (χ2v) is 7.71. The highest BCUT2D eigenvalue weighted by molar-refractivity contribution is 5.92. The van der Waals surface area contributed by atoms with Crippen LogP contribution in [-0.4, -0.2) is 40.5 Å². The van der Waals surface area contributed by atoms with Crippen molar-refractivity contribution in [2.75, 3.05) is 5.73 Å². The van der Waals surface area contributed by atoms with E-state index >= 15 is 0 Å². The van der Waals surface area contributed by atoms with Gasteiger partial charge in [0, 0.05) is 11.8 Å². The number of nitrogens with two attached hydrogens (primary N) is 1. The van der Waals surface area contributed by atoms with Crippen molar-refractivity contribution in [1.29, 1.82) is 0 Å². The van der Waals surface area contributed by atoms with Crippen molar-refractivity contribution in [2.45, 2.75) is 25.4 Å². The van der Waals surface area contributed by atoms with Crippen LogP contribution in [0.1, 0.15) is 11.4 Å². The van der Waals surface area contributed by atoms with Crippen molar-refractivity contribution >= 4 is 28.0 Å². The smallest absolute Gasteiger partial charge is 0.382 e. The molecule has 5 aromatic rings. The third-order valence-electron chi connectivity index (χ3n) is 5.22. The Labute approximate surface area is 196 Å². The fourth-order valence-electron chi connectivity index (χ4n) is 3.79. The molecule has 0 atom stereocenters. The Bertz CT molecular complexity index is 1600. The van der Waals surface area contributed by atoms with Crippen LogP contribution in [0.25, 0.3) is 33.7 Å². The number of aromatic nitrogens is 7. The number of alkyl halides is 6. The van der Waals surface area contributed by atoms with Crippen LogP contribution in [0.5, 0.6) is 0 Å². The summed E-state index contributed by atoms with van der Waals surface area (Å²) in [7, 11) is 0. The number of benzene rings is 1. The second-order valence-electron chi connectivity index (χ2n) is 7.71. The molecule has 0 radical (unpaired) electrons. The third-order valence-corrected chi connectivity index (χ3v) is 5.22. The van der Waals surface area contributed by atoms with Crippen molar-refractivity contribution in [3.63, 3.8) is 0 Å². The molecular weight excluding hydrogens is 497 g/mol. The molecule has 0 fully saturated rings. The van der Waals surface area contributed by atoms with Crippen LogP contribution < -0.4 is 5.73 Å². The van der Waals surface area contributed by atoms with Crippen molar-refractivity contribution in [2.24, 2.45) is 0 Å². The largest absolute Gasteiger partial charge is 0.449 e. The second kappa shape index (κ2) is 8.13. The summed E-state index contributed by atoms with van der Waals surface area (Å²) in [6.07, 6.45) is -8.75. The van der Waals surface area contributed by atoms with Crippen LogP contribution in [0.4, 0.5) is 36.6 Å². The number of pyridine rings is 1. The molecule has 0 unspecified atom stereocenters. The van der Waals surface area contributed by atoms with Crippen molar-refractivity contribution in [1.82, 2.24) is 34.3 Å². The maximum atomic E-state index is 14.2. The fraction of sp³-hybridized carbons (Fsp3) is 0.190. The first-order valence-electron chi connectivity index (χ1n) is 10.2. The molecule has 0 aliphatic heterocycles. The summed E-state index contributed by atoms with van der Waals surface area (Å²) in [5.41, 5.74) is 5.03. The van der Waals surface area contributed by atoms with E-state index in [0.717, 1.165) is 0 Å². The molecule has 5 rings (SSSR count). The molecule has 0 bridgehead atoms. The third kappa shape index (κ3) is 4.16. The molecule has 0 saturated heterocycles. The van der Waals surface area contributed by atoms with E-state index in [1.165, 1.54) is 29.1 Å². The van der Waals surface area contributed by atoms with Crippen LogP contribution in [-0.2, 0) is 19.3 Å². The van der Waals surface area contributed by atoms with Gasteiger partial charge in [0.15, 0.2) is 22.9 Å². The van der Waals surface area contributed by atoms with Gasteiger partial charge in [-0.15, -0.1) is 0 Å². The lowest BCUT2D eigenvalue weighted by Gasteiger charge is -2.13. The monoisotopic (exact) mass is 510 g/mol. The number of fused-ring (bicyclic) bond motifs is 2. The highest BCUT2D eigenvalue weighted by atomic mass is 19.4. The fourth-order valence-corrected chi connectivity index (χ4v) is 3.79. The predicted octanol–water partition coefficient (Wildman–Crippen LogP) is 4.59. The zero-order valence-electron chi connectivity index (χ0n) is 17.8.